The second-order valence-electron chi connectivity index (χ2n) is 6.13. The summed E-state index contributed by atoms with van der Waals surface area (Å²) in [5.74, 6) is -0.180. The molecule has 2 N–H and O–H groups in total. The van der Waals surface area contributed by atoms with Crippen molar-refractivity contribution in [2.45, 2.75) is 13.5 Å². The van der Waals surface area contributed by atoms with Crippen molar-refractivity contribution >= 4 is 28.9 Å². The van der Waals surface area contributed by atoms with Gasteiger partial charge in [-0.1, -0.05) is 29.8 Å². The molecule has 7 heteroatoms. The van der Waals surface area contributed by atoms with Crippen LogP contribution in [0.3, 0.4) is 0 Å². The van der Waals surface area contributed by atoms with Gasteiger partial charge in [-0.25, -0.2) is 4.39 Å². The zero-order valence-electron chi connectivity index (χ0n) is 15.4. The van der Waals surface area contributed by atoms with Crippen LogP contribution in [-0.2, 0) is 6.54 Å². The number of hydrogen-bond acceptors (Lipinski definition) is 4. The molecule has 144 valence electrons. The summed E-state index contributed by atoms with van der Waals surface area (Å²) in [6.45, 7) is 1.97. The van der Waals surface area contributed by atoms with Crippen LogP contribution in [0.2, 0.25) is 5.02 Å². The fourth-order valence-electron chi connectivity index (χ4n) is 2.63. The number of hydrogen-bond donors (Lipinski definition) is 2. The van der Waals surface area contributed by atoms with Gasteiger partial charge in [0.1, 0.15) is 17.3 Å². The van der Waals surface area contributed by atoms with Crippen LogP contribution in [0.5, 0.6) is 5.75 Å². The van der Waals surface area contributed by atoms with Gasteiger partial charge in [0.2, 0.25) is 0 Å². The van der Waals surface area contributed by atoms with E-state index in [2.05, 4.69) is 15.6 Å². The Balaban J connectivity index is 1.74. The highest BCUT2D eigenvalue weighted by Gasteiger charge is 2.11. The Kier molecular flexibility index (Phi) is 6.11. The number of rotatable bonds is 6. The van der Waals surface area contributed by atoms with Crippen molar-refractivity contribution < 1.29 is 13.9 Å². The van der Waals surface area contributed by atoms with Gasteiger partial charge in [-0.2, -0.15) is 0 Å². The van der Waals surface area contributed by atoms with Crippen molar-refractivity contribution in [3.63, 3.8) is 0 Å². The molecule has 0 aliphatic heterocycles. The zero-order valence-corrected chi connectivity index (χ0v) is 16.2. The minimum Gasteiger partial charge on any atom is -0.495 e. The molecule has 0 spiro atoms. The van der Waals surface area contributed by atoms with Gasteiger partial charge < -0.3 is 15.4 Å². The van der Waals surface area contributed by atoms with Crippen molar-refractivity contribution in [2.24, 2.45) is 0 Å². The molecule has 1 aromatic heterocycles. The summed E-state index contributed by atoms with van der Waals surface area (Å²) < 4.78 is 19.0. The lowest BCUT2D eigenvalue weighted by Gasteiger charge is -2.14. The first kappa shape index (κ1) is 19.6. The smallest absolute Gasteiger partial charge is 0.270 e. The fraction of sp³-hybridized carbons (Fsp3) is 0.143. The molecule has 0 atom stereocenters. The highest BCUT2D eigenvalue weighted by atomic mass is 35.5. The van der Waals surface area contributed by atoms with E-state index in [-0.39, 0.29) is 18.1 Å². The van der Waals surface area contributed by atoms with Gasteiger partial charge in [-0.15, -0.1) is 0 Å². The predicted octanol–water partition coefficient (Wildman–Crippen LogP) is 4.86. The Morgan fingerprint density at radius 3 is 2.75 bits per heavy atom. The van der Waals surface area contributed by atoms with Crippen LogP contribution < -0.4 is 15.4 Å². The molecule has 3 aromatic rings. The fourth-order valence-corrected chi connectivity index (χ4v) is 2.78. The third kappa shape index (κ3) is 4.58. The van der Waals surface area contributed by atoms with Crippen LogP contribution in [0.4, 0.5) is 15.8 Å². The number of aromatic nitrogens is 1. The van der Waals surface area contributed by atoms with E-state index in [1.807, 2.05) is 13.0 Å². The number of amides is 1. The normalized spacial score (nSPS) is 10.4. The Morgan fingerprint density at radius 2 is 2.00 bits per heavy atom. The highest BCUT2D eigenvalue weighted by Crippen LogP contribution is 2.33. The van der Waals surface area contributed by atoms with Gasteiger partial charge in [0, 0.05) is 35.1 Å². The average Bonchev–Trinajstić information content (AvgIpc) is 2.70. The number of pyridine rings is 1. The number of nitrogens with zero attached hydrogens (tertiary/aromatic N) is 1. The monoisotopic (exact) mass is 399 g/mol. The molecule has 0 aliphatic carbocycles. The summed E-state index contributed by atoms with van der Waals surface area (Å²) in [6.07, 6.45) is 1.52. The molecule has 0 bridgehead atoms. The van der Waals surface area contributed by atoms with E-state index < -0.39 is 5.91 Å². The minimum absolute atomic E-state index is 0.0784. The zero-order chi connectivity index (χ0) is 20.1. The maximum atomic E-state index is 13.7. The largest absolute Gasteiger partial charge is 0.495 e. The highest BCUT2D eigenvalue weighted by molar-refractivity contribution is 6.31. The number of methoxy groups -OCH3 is 1. The summed E-state index contributed by atoms with van der Waals surface area (Å²) in [5, 5.41) is 6.48. The number of anilines is 2. The summed E-state index contributed by atoms with van der Waals surface area (Å²) in [7, 11) is 1.56. The average molecular weight is 400 g/mol. The van der Waals surface area contributed by atoms with Gasteiger partial charge in [-0.05, 0) is 36.8 Å². The van der Waals surface area contributed by atoms with Crippen LogP contribution in [0.25, 0.3) is 0 Å². The van der Waals surface area contributed by atoms with Gasteiger partial charge in [0.25, 0.3) is 5.91 Å². The van der Waals surface area contributed by atoms with Crippen molar-refractivity contribution in [3.8, 4) is 5.75 Å². The van der Waals surface area contributed by atoms with E-state index in [4.69, 9.17) is 16.3 Å². The van der Waals surface area contributed by atoms with E-state index >= 15 is 0 Å². The van der Waals surface area contributed by atoms with Gasteiger partial charge in [-0.3, -0.25) is 9.78 Å². The van der Waals surface area contributed by atoms with Crippen LogP contribution in [0, 0.1) is 12.7 Å². The summed E-state index contributed by atoms with van der Waals surface area (Å²) in [4.78, 5) is 16.5. The van der Waals surface area contributed by atoms with E-state index in [1.165, 1.54) is 12.3 Å². The van der Waals surface area contributed by atoms with Crippen molar-refractivity contribution in [1.82, 2.24) is 10.3 Å². The molecule has 0 fully saturated rings. The molecule has 3 rings (SSSR count). The molecule has 0 unspecified atom stereocenters. The van der Waals surface area contributed by atoms with Gasteiger partial charge in [0.05, 0.1) is 12.8 Å². The number of carbonyl (C=O) groups excluding carboxylic acids is 1. The van der Waals surface area contributed by atoms with Crippen molar-refractivity contribution in [3.05, 3.63) is 82.4 Å². The number of halogens is 2. The topological polar surface area (TPSA) is 63.2 Å². The maximum absolute atomic E-state index is 13.7. The Hall–Kier alpha value is -3.12. The predicted molar refractivity (Wildman–Crippen MR) is 108 cm³/mol. The molecule has 0 radical (unpaired) electrons. The third-order valence-corrected chi connectivity index (χ3v) is 4.56. The molecule has 28 heavy (non-hydrogen) atoms. The first-order valence-electron chi connectivity index (χ1n) is 8.56. The summed E-state index contributed by atoms with van der Waals surface area (Å²) >= 11 is 6.13. The molecule has 2 aromatic carbocycles. The molecule has 1 heterocycles. The lowest BCUT2D eigenvalue weighted by atomic mass is 10.2. The lowest BCUT2D eigenvalue weighted by Crippen LogP contribution is -2.24. The molecule has 1 amide bonds. The summed E-state index contributed by atoms with van der Waals surface area (Å²) in [6, 6.07) is 13.2. The number of carbonyl (C=O) groups is 1. The first-order valence-corrected chi connectivity index (χ1v) is 8.94. The summed E-state index contributed by atoms with van der Waals surface area (Å²) in [5.41, 5.74) is 2.89. The van der Waals surface area contributed by atoms with Crippen LogP contribution in [-0.4, -0.2) is 18.0 Å². The second kappa shape index (κ2) is 8.71. The molecular weight excluding hydrogens is 381 g/mol. The first-order chi connectivity index (χ1) is 13.5. The van der Waals surface area contributed by atoms with E-state index in [9.17, 15) is 9.18 Å². The Bertz CT molecular complexity index is 1010. The number of nitrogens with one attached hydrogen (secondary N) is 2. The van der Waals surface area contributed by atoms with Crippen molar-refractivity contribution in [2.75, 3.05) is 12.4 Å². The Labute approximate surface area is 167 Å². The SMILES string of the molecule is COc1cc(Cl)c(C)cc1Nc1ccnc(C(=O)NCc2ccccc2F)c1. The number of ether oxygens (including phenoxy) is 1. The van der Waals surface area contributed by atoms with Gasteiger partial charge >= 0.3 is 0 Å². The van der Waals surface area contributed by atoms with E-state index in [1.54, 1.807) is 43.5 Å². The van der Waals surface area contributed by atoms with E-state index in [0.29, 0.717) is 27.7 Å². The molecule has 0 aliphatic rings. The van der Waals surface area contributed by atoms with Crippen molar-refractivity contribution in [1.29, 1.82) is 0 Å². The standard InChI is InChI=1S/C21H19ClFN3O2/c1-13-9-18(20(28-2)11-16(13)22)26-15-7-8-24-19(10-15)21(27)25-12-14-5-3-4-6-17(14)23/h3-11H,12H2,1-2H3,(H,24,26)(H,25,27). The number of aryl methyl sites for hydroxylation is 1. The molecule has 5 nitrogen and oxygen atoms in total. The lowest BCUT2D eigenvalue weighted by molar-refractivity contribution is 0.0945. The third-order valence-electron chi connectivity index (χ3n) is 4.15. The number of benzene rings is 2. The quantitative estimate of drug-likeness (QED) is 0.621. The van der Waals surface area contributed by atoms with Crippen LogP contribution in [0.1, 0.15) is 21.6 Å². The Morgan fingerprint density at radius 1 is 1.21 bits per heavy atom. The molecular formula is C21H19ClFN3O2. The maximum Gasteiger partial charge on any atom is 0.270 e. The van der Waals surface area contributed by atoms with Gasteiger partial charge in [0.15, 0.2) is 0 Å². The molecule has 0 saturated heterocycles. The second-order valence-corrected chi connectivity index (χ2v) is 6.54. The van der Waals surface area contributed by atoms with Crippen LogP contribution in [0.15, 0.2) is 54.7 Å². The minimum atomic E-state index is -0.397. The van der Waals surface area contributed by atoms with Crippen LogP contribution >= 0.6 is 11.6 Å². The molecule has 0 saturated carbocycles. The van der Waals surface area contributed by atoms with E-state index in [0.717, 1.165) is 5.56 Å².